The Bertz CT molecular complexity index is 347. The minimum absolute atomic E-state index is 0. The molecule has 0 unspecified atom stereocenters. The number of halogens is 3. The molecule has 1 aromatic rings. The average Bonchev–Trinajstić information content (AvgIpc) is 2.02. The van der Waals surface area contributed by atoms with Crippen LogP contribution in [0.4, 0.5) is 12.9 Å². The second kappa shape index (κ2) is 6.05. The number of hydrogen-bond acceptors (Lipinski definition) is 0. The summed E-state index contributed by atoms with van der Waals surface area (Å²) < 4.78 is 37.1. The summed E-state index contributed by atoms with van der Waals surface area (Å²) in [5.74, 6) is 0.374. The summed E-state index contributed by atoms with van der Waals surface area (Å²) in [6.07, 6.45) is 2.51. The molecular formula is C11H13BF3K. The second-order valence-corrected chi connectivity index (χ2v) is 4.24. The maximum atomic E-state index is 12.4. The Morgan fingerprint density at radius 1 is 1.12 bits per heavy atom. The first-order valence-corrected chi connectivity index (χ1v) is 5.35. The minimum Gasteiger partial charge on any atom is -0.449 e. The number of hydrogen-bond donors (Lipinski definition) is 0. The second-order valence-electron chi connectivity index (χ2n) is 4.24. The summed E-state index contributed by atoms with van der Waals surface area (Å²) in [5.41, 5.74) is 1.40. The molecule has 0 saturated heterocycles. The van der Waals surface area contributed by atoms with Gasteiger partial charge in [-0.1, -0.05) is 42.6 Å². The van der Waals surface area contributed by atoms with E-state index in [1.165, 1.54) is 0 Å². The van der Waals surface area contributed by atoms with E-state index in [0.29, 0.717) is 11.5 Å². The van der Waals surface area contributed by atoms with Gasteiger partial charge in [0.05, 0.1) is 0 Å². The maximum absolute atomic E-state index is 12.4. The van der Waals surface area contributed by atoms with Crippen LogP contribution in [0.25, 0.3) is 0 Å². The van der Waals surface area contributed by atoms with Gasteiger partial charge in [0.2, 0.25) is 0 Å². The fraction of sp³-hybridized carbons (Fsp3) is 0.455. The van der Waals surface area contributed by atoms with Crippen molar-refractivity contribution in [3.8, 4) is 0 Å². The van der Waals surface area contributed by atoms with Crippen LogP contribution in [0.2, 0.25) is 0 Å². The molecule has 1 aliphatic carbocycles. The molecule has 0 atom stereocenters. The van der Waals surface area contributed by atoms with E-state index in [0.717, 1.165) is 24.8 Å². The fourth-order valence-electron chi connectivity index (χ4n) is 2.09. The standard InChI is InChI=1S/C11H13BF3.K/c13-12(14,15)8-10-4-1-2-7-11(10)9-5-3-6-9;/h1-2,4,7,9H,3,5-6,8H2;/q-1;+1. The van der Waals surface area contributed by atoms with E-state index in [1.807, 2.05) is 12.1 Å². The fourth-order valence-corrected chi connectivity index (χ4v) is 2.09. The van der Waals surface area contributed by atoms with Crippen molar-refractivity contribution in [3.05, 3.63) is 35.4 Å². The van der Waals surface area contributed by atoms with E-state index in [-0.39, 0.29) is 51.4 Å². The largest absolute Gasteiger partial charge is 1.00 e. The summed E-state index contributed by atoms with van der Waals surface area (Å²) in [6, 6.07) is 6.99. The van der Waals surface area contributed by atoms with Gasteiger partial charge in [-0.05, 0) is 24.3 Å². The molecule has 82 valence electrons. The average molecular weight is 252 g/mol. The van der Waals surface area contributed by atoms with Gasteiger partial charge in [0.1, 0.15) is 0 Å². The van der Waals surface area contributed by atoms with Gasteiger partial charge >= 0.3 is 58.4 Å². The Morgan fingerprint density at radius 3 is 2.25 bits per heavy atom. The van der Waals surface area contributed by atoms with E-state index < -0.39 is 13.3 Å². The summed E-state index contributed by atoms with van der Waals surface area (Å²) in [6.45, 7) is -4.71. The van der Waals surface area contributed by atoms with E-state index in [2.05, 4.69) is 0 Å². The van der Waals surface area contributed by atoms with Crippen molar-refractivity contribution in [3.63, 3.8) is 0 Å². The van der Waals surface area contributed by atoms with Crippen LogP contribution in [0.1, 0.15) is 36.3 Å². The van der Waals surface area contributed by atoms with Crippen LogP contribution < -0.4 is 51.4 Å². The zero-order chi connectivity index (χ0) is 10.9. The van der Waals surface area contributed by atoms with Gasteiger partial charge in [-0.25, -0.2) is 0 Å². The topological polar surface area (TPSA) is 0 Å². The van der Waals surface area contributed by atoms with Crippen LogP contribution in [0.5, 0.6) is 0 Å². The molecular weight excluding hydrogens is 239 g/mol. The molecule has 0 aliphatic heterocycles. The molecule has 1 aliphatic rings. The number of benzene rings is 1. The zero-order valence-corrected chi connectivity index (χ0v) is 12.5. The first-order chi connectivity index (χ1) is 7.06. The zero-order valence-electron chi connectivity index (χ0n) is 9.43. The van der Waals surface area contributed by atoms with Gasteiger partial charge in [0.15, 0.2) is 0 Å². The van der Waals surface area contributed by atoms with Gasteiger partial charge < -0.3 is 12.9 Å². The molecule has 2 rings (SSSR count). The molecule has 1 saturated carbocycles. The van der Waals surface area contributed by atoms with Crippen LogP contribution in [0.15, 0.2) is 24.3 Å². The van der Waals surface area contributed by atoms with Crippen molar-refractivity contribution < 1.29 is 64.3 Å². The van der Waals surface area contributed by atoms with Crippen LogP contribution in [-0.4, -0.2) is 6.98 Å². The molecule has 1 fully saturated rings. The first kappa shape index (κ1) is 14.8. The first-order valence-electron chi connectivity index (χ1n) is 5.35. The predicted octanol–water partition coefficient (Wildman–Crippen LogP) is 0.887. The maximum Gasteiger partial charge on any atom is 1.00 e. The minimum atomic E-state index is -4.71. The van der Waals surface area contributed by atoms with Gasteiger partial charge in [0, 0.05) is 0 Å². The van der Waals surface area contributed by atoms with Crippen molar-refractivity contribution in [1.82, 2.24) is 0 Å². The monoisotopic (exact) mass is 252 g/mol. The van der Waals surface area contributed by atoms with Crippen LogP contribution in [0, 0.1) is 0 Å². The van der Waals surface area contributed by atoms with E-state index >= 15 is 0 Å². The van der Waals surface area contributed by atoms with Crippen molar-refractivity contribution in [2.75, 3.05) is 0 Å². The summed E-state index contributed by atoms with van der Waals surface area (Å²) in [7, 11) is 0. The smallest absolute Gasteiger partial charge is 0.449 e. The number of rotatable bonds is 3. The molecule has 16 heavy (non-hydrogen) atoms. The molecule has 0 heterocycles. The molecule has 5 heteroatoms. The summed E-state index contributed by atoms with van der Waals surface area (Å²) in [4.78, 5) is 0. The SMILES string of the molecule is F[B-](F)(F)Cc1ccccc1C1CCC1.[K+]. The predicted molar refractivity (Wildman–Crippen MR) is 55.8 cm³/mol. The van der Waals surface area contributed by atoms with Gasteiger partial charge in [-0.2, -0.15) is 0 Å². The third kappa shape index (κ3) is 3.88. The Morgan fingerprint density at radius 2 is 1.75 bits per heavy atom. The van der Waals surface area contributed by atoms with Crippen LogP contribution >= 0.6 is 0 Å². The van der Waals surface area contributed by atoms with Gasteiger partial charge in [0.25, 0.3) is 0 Å². The van der Waals surface area contributed by atoms with E-state index in [1.54, 1.807) is 12.1 Å². The molecule has 0 spiro atoms. The van der Waals surface area contributed by atoms with Crippen LogP contribution in [-0.2, 0) is 6.32 Å². The normalized spacial score (nSPS) is 16.4. The van der Waals surface area contributed by atoms with E-state index in [9.17, 15) is 12.9 Å². The van der Waals surface area contributed by atoms with E-state index in [4.69, 9.17) is 0 Å². The quantitative estimate of drug-likeness (QED) is 0.701. The molecule has 0 amide bonds. The molecule has 0 bridgehead atoms. The van der Waals surface area contributed by atoms with Crippen molar-refractivity contribution >= 4 is 6.98 Å². The van der Waals surface area contributed by atoms with Gasteiger partial charge in [-0.3, -0.25) is 0 Å². The Kier molecular flexibility index (Phi) is 5.58. The van der Waals surface area contributed by atoms with Gasteiger partial charge in [-0.15, -0.1) is 0 Å². The Balaban J connectivity index is 0.00000128. The Labute approximate surface area is 136 Å². The molecule has 0 radical (unpaired) electrons. The third-order valence-corrected chi connectivity index (χ3v) is 3.05. The van der Waals surface area contributed by atoms with Crippen molar-refractivity contribution in [2.24, 2.45) is 0 Å². The Hall–Kier alpha value is 0.711. The summed E-state index contributed by atoms with van der Waals surface area (Å²) >= 11 is 0. The van der Waals surface area contributed by atoms with Crippen molar-refractivity contribution in [1.29, 1.82) is 0 Å². The van der Waals surface area contributed by atoms with Crippen LogP contribution in [0.3, 0.4) is 0 Å². The third-order valence-electron chi connectivity index (χ3n) is 3.05. The molecule has 0 nitrogen and oxygen atoms in total. The molecule has 0 N–H and O–H groups in total. The summed E-state index contributed by atoms with van der Waals surface area (Å²) in [5, 5.41) is 0. The molecule has 0 aromatic heterocycles. The van der Waals surface area contributed by atoms with Crippen molar-refractivity contribution in [2.45, 2.75) is 31.5 Å². The molecule has 1 aromatic carbocycles.